The Morgan fingerprint density at radius 2 is 1.60 bits per heavy atom. The van der Waals surface area contributed by atoms with E-state index in [9.17, 15) is 14.7 Å². The van der Waals surface area contributed by atoms with Gasteiger partial charge in [0.05, 0.1) is 19.1 Å². The van der Waals surface area contributed by atoms with Crippen molar-refractivity contribution in [1.29, 1.82) is 0 Å². The first-order valence-electron chi connectivity index (χ1n) is 10.2. The van der Waals surface area contributed by atoms with Crippen molar-refractivity contribution >= 4 is 11.9 Å². The fourth-order valence-corrected chi connectivity index (χ4v) is 3.25. The molecular weight excluding hydrogens is 320 g/mol. The van der Waals surface area contributed by atoms with Crippen molar-refractivity contribution in [3.8, 4) is 0 Å². The number of unbranched alkanes of at least 4 members (excludes halogenated alkanes) is 10. The first-order valence-corrected chi connectivity index (χ1v) is 10.2. The predicted octanol–water partition coefficient (Wildman–Crippen LogP) is 4.15. The van der Waals surface area contributed by atoms with Gasteiger partial charge in [0.15, 0.2) is 0 Å². The van der Waals surface area contributed by atoms with Crippen molar-refractivity contribution in [2.24, 2.45) is 5.92 Å². The Morgan fingerprint density at radius 1 is 1.04 bits per heavy atom. The molecule has 1 rings (SSSR count). The summed E-state index contributed by atoms with van der Waals surface area (Å²) in [5.41, 5.74) is 0. The summed E-state index contributed by atoms with van der Waals surface area (Å²) < 4.78 is 10.3. The van der Waals surface area contributed by atoms with Crippen LogP contribution >= 0.6 is 0 Å². The van der Waals surface area contributed by atoms with Crippen LogP contribution in [0.4, 0.5) is 0 Å². The van der Waals surface area contributed by atoms with Crippen LogP contribution in [0, 0.1) is 5.92 Å². The van der Waals surface area contributed by atoms with Gasteiger partial charge in [-0.1, -0.05) is 71.1 Å². The molecule has 1 aliphatic rings. The maximum Gasteiger partial charge on any atom is 0.312 e. The number of aliphatic hydroxyl groups is 1. The van der Waals surface area contributed by atoms with Gasteiger partial charge in [-0.3, -0.25) is 9.59 Å². The van der Waals surface area contributed by atoms with Gasteiger partial charge >= 0.3 is 11.9 Å². The number of cyclic esters (lactones) is 1. The molecule has 5 nitrogen and oxygen atoms in total. The first kappa shape index (κ1) is 21.9. The van der Waals surface area contributed by atoms with Crippen LogP contribution in [0.5, 0.6) is 0 Å². The topological polar surface area (TPSA) is 72.8 Å². The second-order valence-electron chi connectivity index (χ2n) is 7.06. The third-order valence-electron chi connectivity index (χ3n) is 4.87. The fourth-order valence-electron chi connectivity index (χ4n) is 3.25. The zero-order chi connectivity index (χ0) is 18.3. The standard InChI is InChI=1S/C20H36O5/c1-2-3-4-5-6-7-8-9-10-11-12-15-24-20(23)17-13-14-19(22)25-18(17)16-21/h17-18,21H,2-16H2,1H3. The van der Waals surface area contributed by atoms with Crippen molar-refractivity contribution in [3.63, 3.8) is 0 Å². The number of aliphatic hydroxyl groups excluding tert-OH is 1. The Labute approximate surface area is 152 Å². The SMILES string of the molecule is CCCCCCCCCCCCCOC(=O)C1CCC(=O)OC1CO. The first-order chi connectivity index (χ1) is 12.2. The number of hydrogen-bond acceptors (Lipinski definition) is 5. The highest BCUT2D eigenvalue weighted by atomic mass is 16.6. The van der Waals surface area contributed by atoms with Crippen LogP contribution in [0.3, 0.4) is 0 Å². The van der Waals surface area contributed by atoms with Gasteiger partial charge in [0.1, 0.15) is 6.10 Å². The fraction of sp³-hybridized carbons (Fsp3) is 0.900. The third-order valence-corrected chi connectivity index (χ3v) is 4.87. The molecule has 5 heteroatoms. The largest absolute Gasteiger partial charge is 0.465 e. The Kier molecular flexibility index (Phi) is 12.4. The van der Waals surface area contributed by atoms with Crippen LogP contribution in [0.15, 0.2) is 0 Å². The predicted molar refractivity (Wildman–Crippen MR) is 97.1 cm³/mol. The van der Waals surface area contributed by atoms with E-state index in [2.05, 4.69) is 6.92 Å². The van der Waals surface area contributed by atoms with Crippen LogP contribution in [0.25, 0.3) is 0 Å². The van der Waals surface area contributed by atoms with E-state index in [4.69, 9.17) is 9.47 Å². The van der Waals surface area contributed by atoms with E-state index < -0.39 is 12.0 Å². The highest BCUT2D eigenvalue weighted by Crippen LogP contribution is 2.23. The van der Waals surface area contributed by atoms with Crippen LogP contribution in [-0.4, -0.2) is 36.4 Å². The monoisotopic (exact) mass is 356 g/mol. The second kappa shape index (κ2) is 14.1. The van der Waals surface area contributed by atoms with Gasteiger partial charge in [0.2, 0.25) is 0 Å². The second-order valence-corrected chi connectivity index (χ2v) is 7.06. The van der Waals surface area contributed by atoms with Gasteiger partial charge < -0.3 is 14.6 Å². The molecule has 0 aromatic heterocycles. The van der Waals surface area contributed by atoms with Crippen molar-refractivity contribution in [1.82, 2.24) is 0 Å². The summed E-state index contributed by atoms with van der Waals surface area (Å²) in [6, 6.07) is 0. The summed E-state index contributed by atoms with van der Waals surface area (Å²) in [6.07, 6.45) is 13.7. The molecule has 0 amide bonds. The summed E-state index contributed by atoms with van der Waals surface area (Å²) >= 11 is 0. The molecule has 2 unspecified atom stereocenters. The van der Waals surface area contributed by atoms with Crippen molar-refractivity contribution < 1.29 is 24.2 Å². The average molecular weight is 357 g/mol. The number of carbonyl (C=O) groups excluding carboxylic acids is 2. The van der Waals surface area contributed by atoms with Gasteiger partial charge in [0, 0.05) is 6.42 Å². The van der Waals surface area contributed by atoms with E-state index in [1.165, 1.54) is 57.8 Å². The molecule has 0 aromatic rings. The summed E-state index contributed by atoms with van der Waals surface area (Å²) in [5.74, 6) is -1.22. The molecule has 0 aromatic carbocycles. The molecule has 146 valence electrons. The molecule has 2 atom stereocenters. The van der Waals surface area contributed by atoms with Gasteiger partial charge in [-0.2, -0.15) is 0 Å². The zero-order valence-corrected chi connectivity index (χ0v) is 15.8. The zero-order valence-electron chi connectivity index (χ0n) is 15.8. The van der Waals surface area contributed by atoms with Crippen LogP contribution in [0.1, 0.15) is 90.4 Å². The van der Waals surface area contributed by atoms with Gasteiger partial charge in [-0.25, -0.2) is 0 Å². The highest BCUT2D eigenvalue weighted by Gasteiger charge is 2.36. The molecule has 0 radical (unpaired) electrons. The summed E-state index contributed by atoms with van der Waals surface area (Å²) in [4.78, 5) is 23.2. The maximum absolute atomic E-state index is 12.0. The van der Waals surface area contributed by atoms with Crippen molar-refractivity contribution in [2.45, 2.75) is 96.5 Å². The number of ether oxygens (including phenoxy) is 2. The minimum absolute atomic E-state index is 0.217. The summed E-state index contributed by atoms with van der Waals surface area (Å²) in [7, 11) is 0. The lowest BCUT2D eigenvalue weighted by Crippen LogP contribution is -2.40. The Bertz CT molecular complexity index is 369. The molecule has 0 bridgehead atoms. The van der Waals surface area contributed by atoms with Crippen LogP contribution < -0.4 is 0 Å². The summed E-state index contributed by atoms with van der Waals surface area (Å²) in [5, 5.41) is 9.22. The van der Waals surface area contributed by atoms with E-state index in [-0.39, 0.29) is 25.0 Å². The minimum atomic E-state index is -0.744. The number of esters is 2. The number of hydrogen-bond donors (Lipinski definition) is 1. The molecule has 1 saturated heterocycles. The smallest absolute Gasteiger partial charge is 0.312 e. The Balaban J connectivity index is 1.95. The van der Waals surface area contributed by atoms with E-state index in [1.54, 1.807) is 0 Å². The Hall–Kier alpha value is -1.10. The normalized spacial score (nSPS) is 20.3. The lowest BCUT2D eigenvalue weighted by Gasteiger charge is -2.28. The number of rotatable bonds is 14. The maximum atomic E-state index is 12.0. The van der Waals surface area contributed by atoms with Crippen LogP contribution in [0.2, 0.25) is 0 Å². The summed E-state index contributed by atoms with van der Waals surface area (Å²) in [6.45, 7) is 2.33. The van der Waals surface area contributed by atoms with Gasteiger partial charge in [-0.15, -0.1) is 0 Å². The molecule has 0 aliphatic carbocycles. The molecule has 1 fully saturated rings. The molecule has 1 N–H and O–H groups in total. The molecule has 25 heavy (non-hydrogen) atoms. The van der Waals surface area contributed by atoms with Gasteiger partial charge in [0.25, 0.3) is 0 Å². The molecule has 1 aliphatic heterocycles. The van der Waals surface area contributed by atoms with E-state index in [1.807, 2.05) is 0 Å². The van der Waals surface area contributed by atoms with E-state index in [0.717, 1.165) is 12.8 Å². The van der Waals surface area contributed by atoms with Crippen molar-refractivity contribution in [2.75, 3.05) is 13.2 Å². The van der Waals surface area contributed by atoms with E-state index in [0.29, 0.717) is 13.0 Å². The molecule has 0 saturated carbocycles. The lowest BCUT2D eigenvalue weighted by molar-refractivity contribution is -0.172. The third kappa shape index (κ3) is 9.83. The average Bonchev–Trinajstić information content (AvgIpc) is 2.62. The molecular formula is C20H36O5. The quantitative estimate of drug-likeness (QED) is 0.374. The van der Waals surface area contributed by atoms with E-state index >= 15 is 0 Å². The minimum Gasteiger partial charge on any atom is -0.465 e. The lowest BCUT2D eigenvalue weighted by atomic mass is 9.94. The van der Waals surface area contributed by atoms with Crippen LogP contribution in [-0.2, 0) is 19.1 Å². The molecule has 1 heterocycles. The Morgan fingerprint density at radius 3 is 2.16 bits per heavy atom. The molecule has 0 spiro atoms. The van der Waals surface area contributed by atoms with Gasteiger partial charge in [-0.05, 0) is 12.8 Å². The van der Waals surface area contributed by atoms with Crippen molar-refractivity contribution in [3.05, 3.63) is 0 Å². The highest BCUT2D eigenvalue weighted by molar-refractivity contribution is 5.77. The number of carbonyl (C=O) groups is 2.